The van der Waals surface area contributed by atoms with Crippen molar-refractivity contribution in [2.24, 2.45) is 11.8 Å². The van der Waals surface area contributed by atoms with Crippen LogP contribution in [0.1, 0.15) is 13.8 Å². The lowest BCUT2D eigenvalue weighted by molar-refractivity contribution is 0.560. The Hall–Kier alpha value is -0.700. The first-order valence-electron chi connectivity index (χ1n) is 4.98. The zero-order valence-electron chi connectivity index (χ0n) is 9.57. The van der Waals surface area contributed by atoms with Crippen LogP contribution in [0.4, 0.5) is 5.82 Å². The van der Waals surface area contributed by atoms with Crippen molar-refractivity contribution in [3.63, 3.8) is 0 Å². The summed E-state index contributed by atoms with van der Waals surface area (Å²) in [6.45, 7) is 4.20. The summed E-state index contributed by atoms with van der Waals surface area (Å²) in [5.41, 5.74) is 2.27. The summed E-state index contributed by atoms with van der Waals surface area (Å²) < 4.78 is 27.1. The van der Waals surface area contributed by atoms with Gasteiger partial charge in [0.1, 0.15) is 4.90 Å². The zero-order valence-corrected chi connectivity index (χ0v) is 12.0. The highest BCUT2D eigenvalue weighted by Gasteiger charge is 2.19. The van der Waals surface area contributed by atoms with Crippen molar-refractivity contribution in [2.75, 3.05) is 12.0 Å². The van der Waals surface area contributed by atoms with Gasteiger partial charge in [0.15, 0.2) is 5.82 Å². The summed E-state index contributed by atoms with van der Waals surface area (Å²) >= 11 is 3.17. The molecule has 0 saturated carbocycles. The largest absolute Gasteiger partial charge is 0.307 e. The number of halogens is 1. The molecule has 1 aromatic heterocycles. The van der Waals surface area contributed by atoms with Crippen molar-refractivity contribution in [1.82, 2.24) is 9.71 Å². The van der Waals surface area contributed by atoms with E-state index in [4.69, 9.17) is 5.84 Å². The number of rotatable bonds is 5. The molecular formula is C9H15BrN4O2S. The Bertz CT molecular complexity index is 490. The third kappa shape index (κ3) is 3.91. The molecule has 4 N–H and O–H groups in total. The molecular weight excluding hydrogens is 308 g/mol. The number of aromatic nitrogens is 1. The van der Waals surface area contributed by atoms with E-state index < -0.39 is 10.0 Å². The summed E-state index contributed by atoms with van der Waals surface area (Å²) in [5.74, 6) is 5.57. The van der Waals surface area contributed by atoms with Crippen LogP contribution in [0.5, 0.6) is 0 Å². The molecule has 17 heavy (non-hydrogen) atoms. The molecule has 0 atom stereocenters. The predicted molar refractivity (Wildman–Crippen MR) is 69.8 cm³/mol. The first kappa shape index (κ1) is 14.4. The Labute approximate surface area is 109 Å². The van der Waals surface area contributed by atoms with E-state index >= 15 is 0 Å². The van der Waals surface area contributed by atoms with Crippen LogP contribution in [0, 0.1) is 5.92 Å². The number of nitrogens with two attached hydrogens (primary N) is 1. The van der Waals surface area contributed by atoms with Crippen LogP contribution in [0.15, 0.2) is 21.6 Å². The molecule has 96 valence electrons. The molecule has 0 unspecified atom stereocenters. The fraction of sp³-hybridized carbons (Fsp3) is 0.444. The minimum absolute atomic E-state index is 0.0232. The second-order valence-corrected chi connectivity index (χ2v) is 6.54. The van der Waals surface area contributed by atoms with Crippen LogP contribution < -0.4 is 16.0 Å². The smallest absolute Gasteiger partial charge is 0.244 e. The molecule has 0 saturated heterocycles. The highest BCUT2D eigenvalue weighted by atomic mass is 79.9. The van der Waals surface area contributed by atoms with Gasteiger partial charge >= 0.3 is 0 Å². The molecule has 1 aromatic rings. The number of nitrogens with one attached hydrogen (secondary N) is 2. The van der Waals surface area contributed by atoms with Crippen molar-refractivity contribution in [1.29, 1.82) is 0 Å². The van der Waals surface area contributed by atoms with Crippen LogP contribution >= 0.6 is 15.9 Å². The number of sulfonamides is 1. The standard InChI is InChI=1S/C9H15BrN4O2S/c1-6(2)4-13-17(15,16)8-3-7(10)5-12-9(8)14-11/h3,5-6,13H,4,11H2,1-2H3,(H,12,14). The lowest BCUT2D eigenvalue weighted by Crippen LogP contribution is -2.29. The molecule has 0 aromatic carbocycles. The van der Waals surface area contributed by atoms with Crippen molar-refractivity contribution in [3.05, 3.63) is 16.7 Å². The highest BCUT2D eigenvalue weighted by Crippen LogP contribution is 2.21. The van der Waals surface area contributed by atoms with E-state index in [-0.39, 0.29) is 16.6 Å². The number of hydrogen-bond donors (Lipinski definition) is 3. The molecule has 6 nitrogen and oxygen atoms in total. The maximum absolute atomic E-state index is 12.0. The summed E-state index contributed by atoms with van der Waals surface area (Å²) in [4.78, 5) is 3.91. The van der Waals surface area contributed by atoms with Crippen molar-refractivity contribution in [3.8, 4) is 0 Å². The number of nitrogens with zero attached hydrogens (tertiary/aromatic N) is 1. The maximum Gasteiger partial charge on any atom is 0.244 e. The first-order valence-corrected chi connectivity index (χ1v) is 7.26. The summed E-state index contributed by atoms with van der Waals surface area (Å²) in [6.07, 6.45) is 1.47. The minimum Gasteiger partial charge on any atom is -0.307 e. The lowest BCUT2D eigenvalue weighted by atomic mass is 10.2. The molecule has 0 spiro atoms. The molecule has 8 heteroatoms. The molecule has 0 fully saturated rings. The van der Waals surface area contributed by atoms with Crippen LogP contribution in [0.2, 0.25) is 0 Å². The molecule has 0 aliphatic heterocycles. The van der Waals surface area contributed by atoms with E-state index in [1.807, 2.05) is 13.8 Å². The molecule has 0 amide bonds. The number of anilines is 1. The molecule has 0 aliphatic rings. The fourth-order valence-corrected chi connectivity index (χ4v) is 2.93. The average molecular weight is 323 g/mol. The molecule has 0 radical (unpaired) electrons. The Kier molecular flexibility index (Phi) is 4.87. The zero-order chi connectivity index (χ0) is 13.1. The van der Waals surface area contributed by atoms with Crippen LogP contribution in [0.25, 0.3) is 0 Å². The summed E-state index contributed by atoms with van der Waals surface area (Å²) in [6, 6.07) is 1.45. The van der Waals surface area contributed by atoms with Gasteiger partial charge in [0.2, 0.25) is 10.0 Å². The van der Waals surface area contributed by atoms with Gasteiger partial charge in [-0.25, -0.2) is 24.0 Å². The van der Waals surface area contributed by atoms with Crippen molar-refractivity contribution in [2.45, 2.75) is 18.7 Å². The van der Waals surface area contributed by atoms with Gasteiger partial charge in [-0.1, -0.05) is 13.8 Å². The molecule has 1 rings (SSSR count). The molecule has 0 aliphatic carbocycles. The Morgan fingerprint density at radius 1 is 1.53 bits per heavy atom. The second kappa shape index (κ2) is 5.76. The average Bonchev–Trinajstić information content (AvgIpc) is 2.26. The predicted octanol–water partition coefficient (Wildman–Crippen LogP) is 1.06. The third-order valence-corrected chi connectivity index (χ3v) is 3.80. The minimum atomic E-state index is -3.61. The van der Waals surface area contributed by atoms with Gasteiger partial charge in [0.25, 0.3) is 0 Å². The Morgan fingerprint density at radius 2 is 2.18 bits per heavy atom. The SMILES string of the molecule is CC(C)CNS(=O)(=O)c1cc(Br)cnc1NN. The fourth-order valence-electron chi connectivity index (χ4n) is 1.09. The van der Waals surface area contributed by atoms with E-state index in [1.165, 1.54) is 12.3 Å². The van der Waals surface area contributed by atoms with Crippen molar-refractivity contribution >= 4 is 31.8 Å². The Morgan fingerprint density at radius 3 is 2.71 bits per heavy atom. The van der Waals surface area contributed by atoms with E-state index in [1.54, 1.807) is 0 Å². The number of hydrogen-bond acceptors (Lipinski definition) is 5. The summed E-state index contributed by atoms with van der Waals surface area (Å²) in [5, 5.41) is 0. The van der Waals surface area contributed by atoms with Gasteiger partial charge < -0.3 is 5.43 Å². The van der Waals surface area contributed by atoms with Crippen LogP contribution in [-0.2, 0) is 10.0 Å². The maximum atomic E-state index is 12.0. The normalized spacial score (nSPS) is 11.8. The second-order valence-electron chi connectivity index (χ2n) is 3.89. The van der Waals surface area contributed by atoms with E-state index in [0.717, 1.165) is 0 Å². The van der Waals surface area contributed by atoms with E-state index in [9.17, 15) is 8.42 Å². The lowest BCUT2D eigenvalue weighted by Gasteiger charge is -2.11. The van der Waals surface area contributed by atoms with E-state index in [0.29, 0.717) is 11.0 Å². The van der Waals surface area contributed by atoms with Gasteiger partial charge in [-0.3, -0.25) is 0 Å². The number of pyridine rings is 1. The van der Waals surface area contributed by atoms with Gasteiger partial charge in [0.05, 0.1) is 0 Å². The molecule has 0 bridgehead atoms. The van der Waals surface area contributed by atoms with Crippen molar-refractivity contribution < 1.29 is 8.42 Å². The first-order chi connectivity index (χ1) is 7.86. The van der Waals surface area contributed by atoms with E-state index in [2.05, 4.69) is 31.1 Å². The van der Waals surface area contributed by atoms with Gasteiger partial charge in [-0.15, -0.1) is 0 Å². The van der Waals surface area contributed by atoms with Gasteiger partial charge in [-0.2, -0.15) is 0 Å². The van der Waals surface area contributed by atoms with Crippen LogP contribution in [-0.4, -0.2) is 19.9 Å². The quantitative estimate of drug-likeness (QED) is 0.556. The molecule has 1 heterocycles. The van der Waals surface area contributed by atoms with Gasteiger partial charge in [-0.05, 0) is 27.9 Å². The summed E-state index contributed by atoms with van der Waals surface area (Å²) in [7, 11) is -3.61. The van der Waals surface area contributed by atoms with Crippen LogP contribution in [0.3, 0.4) is 0 Å². The Balaban J connectivity index is 3.09. The topological polar surface area (TPSA) is 97.1 Å². The monoisotopic (exact) mass is 322 g/mol. The third-order valence-electron chi connectivity index (χ3n) is 1.93. The highest BCUT2D eigenvalue weighted by molar-refractivity contribution is 9.10. The van der Waals surface area contributed by atoms with Gasteiger partial charge in [0, 0.05) is 17.2 Å². The number of nitrogen functional groups attached to an aromatic ring is 1. The number of hydrazine groups is 1.